The van der Waals surface area contributed by atoms with Crippen molar-refractivity contribution >= 4 is 18.5 Å². The van der Waals surface area contributed by atoms with Gasteiger partial charge >= 0.3 is 0 Å². The number of likely N-dealkylation sites (N-methyl/N-ethyl adjacent to an activating group) is 1. The van der Waals surface area contributed by atoms with Gasteiger partial charge in [-0.15, -0.1) is 0 Å². The van der Waals surface area contributed by atoms with Gasteiger partial charge in [-0.1, -0.05) is 0 Å². The van der Waals surface area contributed by atoms with E-state index in [2.05, 4.69) is 12.6 Å². The van der Waals surface area contributed by atoms with Gasteiger partial charge in [0.15, 0.2) is 0 Å². The second-order valence-electron chi connectivity index (χ2n) is 2.12. The fraction of sp³-hybridized carbons (Fsp3) is 0.857. The Bertz CT molecular complexity index is 119. The van der Waals surface area contributed by atoms with Gasteiger partial charge in [-0.2, -0.15) is 12.6 Å². The number of ether oxygens (including phenoxy) is 1. The first kappa shape index (κ1) is 10.8. The van der Waals surface area contributed by atoms with Gasteiger partial charge in [0.1, 0.15) is 0 Å². The number of carbonyl (C=O) groups is 1. The average molecular weight is 177 g/mol. The number of hydrogen-bond donors (Lipinski definition) is 1. The Kier molecular flexibility index (Phi) is 6.36. The molecule has 0 saturated heterocycles. The second-order valence-corrected chi connectivity index (χ2v) is 2.44. The summed E-state index contributed by atoms with van der Waals surface area (Å²) in [6, 6.07) is 0. The maximum Gasteiger partial charge on any atom is 0.232 e. The molecule has 0 aliphatic heterocycles. The zero-order chi connectivity index (χ0) is 8.69. The molecule has 0 aliphatic carbocycles. The average Bonchev–Trinajstić information content (AvgIpc) is 2.05. The lowest BCUT2D eigenvalue weighted by Crippen LogP contribution is -2.34. The van der Waals surface area contributed by atoms with E-state index < -0.39 is 0 Å². The zero-order valence-corrected chi connectivity index (χ0v) is 7.93. The third-order valence-corrected chi connectivity index (χ3v) is 1.71. The normalized spacial score (nSPS) is 9.73. The summed E-state index contributed by atoms with van der Waals surface area (Å²) in [5, 5.41) is 0. The Morgan fingerprint density at radius 1 is 1.64 bits per heavy atom. The van der Waals surface area contributed by atoms with Crippen LogP contribution in [0.3, 0.4) is 0 Å². The molecular weight excluding hydrogens is 162 g/mol. The van der Waals surface area contributed by atoms with Crippen molar-refractivity contribution in [2.24, 2.45) is 0 Å². The molecule has 0 radical (unpaired) electrons. The van der Waals surface area contributed by atoms with Gasteiger partial charge in [-0.25, -0.2) is 0 Å². The van der Waals surface area contributed by atoms with E-state index in [4.69, 9.17) is 4.74 Å². The van der Waals surface area contributed by atoms with Crippen molar-refractivity contribution in [3.05, 3.63) is 0 Å². The quantitative estimate of drug-likeness (QED) is 0.616. The molecule has 0 aliphatic rings. The molecular formula is C7H15NO2S. The molecule has 0 saturated carbocycles. The predicted molar refractivity (Wildman–Crippen MR) is 48.0 cm³/mol. The molecule has 0 aromatic carbocycles. The van der Waals surface area contributed by atoms with Crippen molar-refractivity contribution in [1.29, 1.82) is 0 Å². The minimum atomic E-state index is 0.0629. The van der Waals surface area contributed by atoms with E-state index in [1.807, 2.05) is 6.92 Å². The molecule has 3 nitrogen and oxygen atoms in total. The van der Waals surface area contributed by atoms with Crippen molar-refractivity contribution in [1.82, 2.24) is 4.90 Å². The van der Waals surface area contributed by atoms with Crippen LogP contribution in [0.15, 0.2) is 0 Å². The molecule has 0 rings (SSSR count). The maximum absolute atomic E-state index is 11.0. The SMILES string of the molecule is CCN(CCOC)C(=O)CS. The van der Waals surface area contributed by atoms with Gasteiger partial charge in [0.2, 0.25) is 5.91 Å². The first-order valence-electron chi connectivity index (χ1n) is 3.63. The molecule has 0 unspecified atom stereocenters. The van der Waals surface area contributed by atoms with Crippen LogP contribution in [0.1, 0.15) is 6.92 Å². The zero-order valence-electron chi connectivity index (χ0n) is 7.04. The third kappa shape index (κ3) is 4.27. The summed E-state index contributed by atoms with van der Waals surface area (Å²) in [6.07, 6.45) is 0. The molecule has 11 heavy (non-hydrogen) atoms. The number of hydrogen-bond acceptors (Lipinski definition) is 3. The highest BCUT2D eigenvalue weighted by atomic mass is 32.1. The van der Waals surface area contributed by atoms with Gasteiger partial charge in [0.05, 0.1) is 12.4 Å². The van der Waals surface area contributed by atoms with Crippen LogP contribution < -0.4 is 0 Å². The summed E-state index contributed by atoms with van der Waals surface area (Å²) in [6.45, 7) is 3.92. The fourth-order valence-electron chi connectivity index (χ4n) is 0.761. The van der Waals surface area contributed by atoms with Crippen LogP contribution in [0.25, 0.3) is 0 Å². The Balaban J connectivity index is 3.65. The van der Waals surface area contributed by atoms with Crippen molar-refractivity contribution in [3.63, 3.8) is 0 Å². The predicted octanol–water partition coefficient (Wildman–Crippen LogP) is 0.411. The number of carbonyl (C=O) groups excluding carboxylic acids is 1. The highest BCUT2D eigenvalue weighted by Crippen LogP contribution is 1.91. The molecule has 0 aromatic rings. The van der Waals surface area contributed by atoms with E-state index in [1.165, 1.54) is 0 Å². The van der Waals surface area contributed by atoms with Gasteiger partial charge in [0, 0.05) is 20.2 Å². The van der Waals surface area contributed by atoms with Gasteiger partial charge in [-0.3, -0.25) is 4.79 Å². The van der Waals surface area contributed by atoms with Gasteiger partial charge < -0.3 is 9.64 Å². The highest BCUT2D eigenvalue weighted by Gasteiger charge is 2.07. The standard InChI is InChI=1S/C7H15NO2S/c1-3-8(4-5-10-2)7(9)6-11/h11H,3-6H2,1-2H3. The van der Waals surface area contributed by atoms with E-state index >= 15 is 0 Å². The number of methoxy groups -OCH3 is 1. The molecule has 0 atom stereocenters. The smallest absolute Gasteiger partial charge is 0.232 e. The monoisotopic (exact) mass is 177 g/mol. The van der Waals surface area contributed by atoms with E-state index in [9.17, 15) is 4.79 Å². The Morgan fingerprint density at radius 3 is 2.64 bits per heavy atom. The van der Waals surface area contributed by atoms with E-state index in [0.717, 1.165) is 6.54 Å². The molecule has 0 aromatic heterocycles. The summed E-state index contributed by atoms with van der Waals surface area (Å²) in [4.78, 5) is 12.8. The molecule has 0 heterocycles. The van der Waals surface area contributed by atoms with Crippen molar-refractivity contribution in [3.8, 4) is 0 Å². The van der Waals surface area contributed by atoms with Crippen LogP contribution in [0.2, 0.25) is 0 Å². The lowest BCUT2D eigenvalue weighted by Gasteiger charge is -2.18. The minimum Gasteiger partial charge on any atom is -0.383 e. The molecule has 1 amide bonds. The molecule has 0 bridgehead atoms. The second kappa shape index (κ2) is 6.49. The van der Waals surface area contributed by atoms with Gasteiger partial charge in [-0.05, 0) is 6.92 Å². The molecule has 4 heteroatoms. The van der Waals surface area contributed by atoms with Crippen LogP contribution in [0, 0.1) is 0 Å². The largest absolute Gasteiger partial charge is 0.383 e. The molecule has 0 N–H and O–H groups in total. The van der Waals surface area contributed by atoms with Crippen LogP contribution in [-0.2, 0) is 9.53 Å². The number of thiol groups is 1. The number of amides is 1. The van der Waals surface area contributed by atoms with E-state index in [1.54, 1.807) is 12.0 Å². The first-order valence-corrected chi connectivity index (χ1v) is 4.27. The van der Waals surface area contributed by atoms with Crippen LogP contribution in [-0.4, -0.2) is 43.4 Å². The highest BCUT2D eigenvalue weighted by molar-refractivity contribution is 7.81. The van der Waals surface area contributed by atoms with Crippen LogP contribution in [0.4, 0.5) is 0 Å². The van der Waals surface area contributed by atoms with Crippen molar-refractivity contribution in [2.75, 3.05) is 32.6 Å². The summed E-state index contributed by atoms with van der Waals surface area (Å²) < 4.78 is 4.85. The summed E-state index contributed by atoms with van der Waals surface area (Å²) >= 11 is 3.90. The lowest BCUT2D eigenvalue weighted by atomic mass is 10.5. The Morgan fingerprint density at radius 2 is 2.27 bits per heavy atom. The van der Waals surface area contributed by atoms with Crippen molar-refractivity contribution in [2.45, 2.75) is 6.92 Å². The molecule has 0 fully saturated rings. The molecule has 66 valence electrons. The number of nitrogens with zero attached hydrogens (tertiary/aromatic N) is 1. The minimum absolute atomic E-state index is 0.0629. The topological polar surface area (TPSA) is 29.5 Å². The molecule has 0 spiro atoms. The van der Waals surface area contributed by atoms with E-state index in [0.29, 0.717) is 13.2 Å². The Labute approximate surface area is 73.1 Å². The summed E-state index contributed by atoms with van der Waals surface area (Å²) in [5.41, 5.74) is 0. The van der Waals surface area contributed by atoms with Crippen LogP contribution >= 0.6 is 12.6 Å². The Hall–Kier alpha value is -0.220. The lowest BCUT2D eigenvalue weighted by molar-refractivity contribution is -0.128. The van der Waals surface area contributed by atoms with Crippen LogP contribution in [0.5, 0.6) is 0 Å². The number of rotatable bonds is 5. The van der Waals surface area contributed by atoms with Gasteiger partial charge in [0.25, 0.3) is 0 Å². The summed E-state index contributed by atoms with van der Waals surface area (Å²) in [7, 11) is 1.62. The van der Waals surface area contributed by atoms with Crippen molar-refractivity contribution < 1.29 is 9.53 Å². The maximum atomic E-state index is 11.0. The summed E-state index contributed by atoms with van der Waals surface area (Å²) in [5.74, 6) is 0.338. The van der Waals surface area contributed by atoms with E-state index in [-0.39, 0.29) is 11.7 Å². The fourth-order valence-corrected chi connectivity index (χ4v) is 0.961. The first-order chi connectivity index (χ1) is 5.26. The third-order valence-electron chi connectivity index (χ3n) is 1.44.